The maximum absolute atomic E-state index is 12.2. The summed E-state index contributed by atoms with van der Waals surface area (Å²) in [5.41, 5.74) is 0. The average Bonchev–Trinajstić information content (AvgIpc) is 2.27. The third-order valence-corrected chi connectivity index (χ3v) is 3.09. The van der Waals surface area contributed by atoms with Crippen LogP contribution in [-0.4, -0.2) is 31.5 Å². The molecule has 1 heterocycles. The van der Waals surface area contributed by atoms with E-state index in [9.17, 15) is 13.2 Å². The molecule has 2 atom stereocenters. The van der Waals surface area contributed by atoms with Gasteiger partial charge in [-0.25, -0.2) is 0 Å². The summed E-state index contributed by atoms with van der Waals surface area (Å²) in [5, 5.41) is 3.12. The minimum absolute atomic E-state index is 0.0790. The van der Waals surface area contributed by atoms with Crippen LogP contribution in [0.25, 0.3) is 0 Å². The van der Waals surface area contributed by atoms with Gasteiger partial charge in [-0.15, -0.1) is 0 Å². The first kappa shape index (κ1) is 14.8. The van der Waals surface area contributed by atoms with Gasteiger partial charge in [0.2, 0.25) is 0 Å². The molecule has 5 heteroatoms. The van der Waals surface area contributed by atoms with Crippen molar-refractivity contribution in [3.8, 4) is 0 Å². The van der Waals surface area contributed by atoms with E-state index in [4.69, 9.17) is 4.74 Å². The summed E-state index contributed by atoms with van der Waals surface area (Å²) in [7, 11) is 0. The van der Waals surface area contributed by atoms with E-state index in [2.05, 4.69) is 5.32 Å². The Labute approximate surface area is 101 Å². The molecule has 0 bridgehead atoms. The minimum atomic E-state index is -4.05. The predicted octanol–water partition coefficient (Wildman–Crippen LogP) is 3.27. The fourth-order valence-electron chi connectivity index (χ4n) is 2.24. The summed E-state index contributed by atoms with van der Waals surface area (Å²) in [5.74, 6) is 0. The van der Waals surface area contributed by atoms with E-state index in [0.717, 1.165) is 25.9 Å². The zero-order chi connectivity index (χ0) is 12.7. The molecule has 1 aliphatic heterocycles. The molecule has 1 saturated heterocycles. The molecule has 17 heavy (non-hydrogen) atoms. The molecule has 2 nitrogen and oxygen atoms in total. The molecule has 1 aliphatic rings. The Morgan fingerprint density at radius 2 is 2.12 bits per heavy atom. The van der Waals surface area contributed by atoms with Gasteiger partial charge in [-0.05, 0) is 38.6 Å². The van der Waals surface area contributed by atoms with Crippen LogP contribution < -0.4 is 5.32 Å². The van der Waals surface area contributed by atoms with Crippen molar-refractivity contribution < 1.29 is 17.9 Å². The fourth-order valence-corrected chi connectivity index (χ4v) is 2.24. The van der Waals surface area contributed by atoms with E-state index in [0.29, 0.717) is 13.0 Å². The number of alkyl halides is 3. The lowest BCUT2D eigenvalue weighted by atomic mass is 9.98. The van der Waals surface area contributed by atoms with E-state index in [1.54, 1.807) is 0 Å². The van der Waals surface area contributed by atoms with Crippen LogP contribution in [0.2, 0.25) is 0 Å². The zero-order valence-corrected chi connectivity index (χ0v) is 10.4. The van der Waals surface area contributed by atoms with E-state index in [1.165, 1.54) is 0 Å². The molecule has 1 rings (SSSR count). The Balaban J connectivity index is 2.31. The topological polar surface area (TPSA) is 21.3 Å². The van der Waals surface area contributed by atoms with E-state index >= 15 is 0 Å². The van der Waals surface area contributed by atoms with Gasteiger partial charge in [0.15, 0.2) is 0 Å². The van der Waals surface area contributed by atoms with Crippen LogP contribution in [0.5, 0.6) is 0 Å². The van der Waals surface area contributed by atoms with Gasteiger partial charge >= 0.3 is 6.18 Å². The lowest BCUT2D eigenvalue weighted by Crippen LogP contribution is -2.35. The molecular formula is C12H22F3NO. The fraction of sp³-hybridized carbons (Fsp3) is 1.00. The quantitative estimate of drug-likeness (QED) is 0.784. The lowest BCUT2D eigenvalue weighted by Gasteiger charge is -2.27. The molecule has 0 aromatic heterocycles. The number of ether oxygens (including phenoxy) is 1. The van der Waals surface area contributed by atoms with Gasteiger partial charge in [-0.2, -0.15) is 13.2 Å². The highest BCUT2D eigenvalue weighted by molar-refractivity contribution is 4.75. The number of halogens is 3. The van der Waals surface area contributed by atoms with Crippen molar-refractivity contribution in [3.63, 3.8) is 0 Å². The maximum Gasteiger partial charge on any atom is 0.389 e. The van der Waals surface area contributed by atoms with Crippen molar-refractivity contribution in [2.45, 2.75) is 63.8 Å². The van der Waals surface area contributed by atoms with Gasteiger partial charge in [0.05, 0.1) is 6.10 Å². The van der Waals surface area contributed by atoms with Crippen molar-refractivity contribution in [1.29, 1.82) is 0 Å². The van der Waals surface area contributed by atoms with Crippen LogP contribution in [0.3, 0.4) is 0 Å². The maximum atomic E-state index is 12.2. The predicted molar refractivity (Wildman–Crippen MR) is 61.0 cm³/mol. The van der Waals surface area contributed by atoms with Crippen LogP contribution in [0, 0.1) is 0 Å². The number of hydrogen-bond acceptors (Lipinski definition) is 2. The number of hydrogen-bond donors (Lipinski definition) is 1. The molecular weight excluding hydrogens is 231 g/mol. The van der Waals surface area contributed by atoms with Crippen LogP contribution >= 0.6 is 0 Å². The second-order valence-electron chi connectivity index (χ2n) is 4.63. The molecule has 0 aromatic carbocycles. The second-order valence-corrected chi connectivity index (χ2v) is 4.63. The summed E-state index contributed by atoms with van der Waals surface area (Å²) in [6, 6.07) is -0.0790. The molecule has 0 aliphatic carbocycles. The molecule has 0 aromatic rings. The molecule has 1 fully saturated rings. The van der Waals surface area contributed by atoms with Crippen molar-refractivity contribution in [3.05, 3.63) is 0 Å². The number of rotatable bonds is 6. The second kappa shape index (κ2) is 7.21. The lowest BCUT2D eigenvalue weighted by molar-refractivity contribution is -0.137. The molecule has 1 N–H and O–H groups in total. The first-order valence-corrected chi connectivity index (χ1v) is 6.43. The molecule has 0 spiro atoms. The van der Waals surface area contributed by atoms with Crippen molar-refractivity contribution in [2.75, 3.05) is 13.2 Å². The third-order valence-electron chi connectivity index (χ3n) is 3.09. The summed E-state index contributed by atoms with van der Waals surface area (Å²) >= 11 is 0. The van der Waals surface area contributed by atoms with Crippen LogP contribution in [-0.2, 0) is 4.74 Å². The minimum Gasteiger partial charge on any atom is -0.378 e. The molecule has 2 unspecified atom stereocenters. The van der Waals surface area contributed by atoms with Gasteiger partial charge in [0.1, 0.15) is 0 Å². The highest BCUT2D eigenvalue weighted by Gasteiger charge is 2.29. The Morgan fingerprint density at radius 3 is 2.65 bits per heavy atom. The smallest absolute Gasteiger partial charge is 0.378 e. The summed E-state index contributed by atoms with van der Waals surface area (Å²) in [6.07, 6.45) is -0.595. The van der Waals surface area contributed by atoms with Gasteiger partial charge in [0, 0.05) is 19.1 Å². The van der Waals surface area contributed by atoms with Crippen molar-refractivity contribution in [1.82, 2.24) is 5.32 Å². The zero-order valence-electron chi connectivity index (χ0n) is 10.4. The SMILES string of the molecule is CCNC(CCC(F)(F)F)CC1CCCCO1. The van der Waals surface area contributed by atoms with Gasteiger partial charge in [-0.1, -0.05) is 6.92 Å². The third kappa shape index (κ3) is 6.88. The largest absolute Gasteiger partial charge is 0.389 e. The highest BCUT2D eigenvalue weighted by Crippen LogP contribution is 2.25. The van der Waals surface area contributed by atoms with Gasteiger partial charge in [-0.3, -0.25) is 0 Å². The van der Waals surface area contributed by atoms with Crippen molar-refractivity contribution >= 4 is 0 Å². The molecule has 0 saturated carbocycles. The normalized spacial score (nSPS) is 23.6. The standard InChI is InChI=1S/C12H22F3NO/c1-2-16-10(6-7-12(13,14)15)9-11-5-3-4-8-17-11/h10-11,16H,2-9H2,1H3. The van der Waals surface area contributed by atoms with Crippen molar-refractivity contribution in [2.24, 2.45) is 0 Å². The monoisotopic (exact) mass is 253 g/mol. The van der Waals surface area contributed by atoms with Gasteiger partial charge in [0.25, 0.3) is 0 Å². The summed E-state index contributed by atoms with van der Waals surface area (Å²) in [6.45, 7) is 3.38. The Hall–Kier alpha value is -0.290. The Morgan fingerprint density at radius 1 is 1.35 bits per heavy atom. The Kier molecular flexibility index (Phi) is 6.27. The molecule has 102 valence electrons. The van der Waals surface area contributed by atoms with E-state index < -0.39 is 12.6 Å². The van der Waals surface area contributed by atoms with E-state index in [-0.39, 0.29) is 18.6 Å². The van der Waals surface area contributed by atoms with Gasteiger partial charge < -0.3 is 10.1 Å². The van der Waals surface area contributed by atoms with E-state index in [1.807, 2.05) is 6.92 Å². The number of nitrogens with one attached hydrogen (secondary N) is 1. The Bertz CT molecular complexity index is 202. The summed E-state index contributed by atoms with van der Waals surface area (Å²) in [4.78, 5) is 0. The van der Waals surface area contributed by atoms with Crippen LogP contribution in [0.1, 0.15) is 45.4 Å². The first-order chi connectivity index (χ1) is 8.01. The molecule has 0 radical (unpaired) electrons. The first-order valence-electron chi connectivity index (χ1n) is 6.43. The van der Waals surface area contributed by atoms with Crippen LogP contribution in [0.15, 0.2) is 0 Å². The average molecular weight is 253 g/mol. The molecule has 0 amide bonds. The highest BCUT2D eigenvalue weighted by atomic mass is 19.4. The van der Waals surface area contributed by atoms with Crippen LogP contribution in [0.4, 0.5) is 13.2 Å². The summed E-state index contributed by atoms with van der Waals surface area (Å²) < 4.78 is 42.1.